The molecule has 1 unspecified atom stereocenters. The van der Waals surface area contributed by atoms with E-state index in [1.54, 1.807) is 25.3 Å². The molecule has 0 aliphatic carbocycles. The summed E-state index contributed by atoms with van der Waals surface area (Å²) in [6.07, 6.45) is 3.09. The molecular weight excluding hydrogens is 388 g/mol. The number of hydrogen-bond acceptors (Lipinski definition) is 4. The van der Waals surface area contributed by atoms with Crippen molar-refractivity contribution >= 4 is 21.6 Å². The molecule has 0 spiro atoms. The quantitative estimate of drug-likeness (QED) is 0.601. The lowest BCUT2D eigenvalue weighted by Crippen LogP contribution is -2.49. The Kier molecular flexibility index (Phi) is 8.08. The second-order valence-electron chi connectivity index (χ2n) is 7.06. The zero-order valence-electron chi connectivity index (χ0n) is 17.5. The molecule has 0 saturated heterocycles. The maximum atomic E-state index is 12.8. The summed E-state index contributed by atoms with van der Waals surface area (Å²) >= 11 is 0. The van der Waals surface area contributed by atoms with Gasteiger partial charge in [0.2, 0.25) is 15.9 Å². The summed E-state index contributed by atoms with van der Waals surface area (Å²) in [5, 5.41) is 2.89. The van der Waals surface area contributed by atoms with Gasteiger partial charge in [-0.05, 0) is 61.6 Å². The lowest BCUT2D eigenvalue weighted by molar-refractivity contribution is -0.122. The van der Waals surface area contributed by atoms with Gasteiger partial charge >= 0.3 is 0 Å². The molecule has 0 fully saturated rings. The SMILES string of the molecule is CCC(C(=O)NCCCc1ccc(OC)cc1)N(c1cccc(C)c1)S(C)(=O)=O. The second-order valence-corrected chi connectivity index (χ2v) is 8.92. The number of nitrogens with one attached hydrogen (secondary N) is 1. The van der Waals surface area contributed by atoms with Gasteiger partial charge in [-0.15, -0.1) is 0 Å². The molecule has 0 aliphatic rings. The van der Waals surface area contributed by atoms with E-state index in [1.165, 1.54) is 4.31 Å². The number of carbonyl (C=O) groups is 1. The molecule has 29 heavy (non-hydrogen) atoms. The van der Waals surface area contributed by atoms with E-state index in [4.69, 9.17) is 4.74 Å². The standard InChI is InChI=1S/C22H30N2O4S/c1-5-21(24(29(4,26)27)19-10-6-8-17(2)16-19)22(25)23-15-7-9-18-11-13-20(28-3)14-12-18/h6,8,10-14,16,21H,5,7,9,15H2,1-4H3,(H,23,25). The van der Waals surface area contributed by atoms with Crippen LogP contribution in [0.15, 0.2) is 48.5 Å². The summed E-state index contributed by atoms with van der Waals surface area (Å²) < 4.78 is 31.3. The molecule has 158 valence electrons. The Morgan fingerprint density at radius 2 is 1.86 bits per heavy atom. The number of aryl methyl sites for hydroxylation is 2. The molecule has 2 aromatic rings. The summed E-state index contributed by atoms with van der Waals surface area (Å²) in [5.41, 5.74) is 2.60. The summed E-state index contributed by atoms with van der Waals surface area (Å²) in [5.74, 6) is 0.527. The minimum atomic E-state index is -3.61. The maximum Gasteiger partial charge on any atom is 0.243 e. The van der Waals surface area contributed by atoms with Gasteiger partial charge in [-0.1, -0.05) is 31.2 Å². The minimum Gasteiger partial charge on any atom is -0.497 e. The van der Waals surface area contributed by atoms with Gasteiger partial charge in [-0.3, -0.25) is 9.10 Å². The number of ether oxygens (including phenoxy) is 1. The van der Waals surface area contributed by atoms with Crippen molar-refractivity contribution in [3.8, 4) is 5.75 Å². The molecule has 0 heterocycles. The fraction of sp³-hybridized carbons (Fsp3) is 0.409. The van der Waals surface area contributed by atoms with E-state index >= 15 is 0 Å². The van der Waals surface area contributed by atoms with Crippen LogP contribution in [0.4, 0.5) is 5.69 Å². The van der Waals surface area contributed by atoms with E-state index < -0.39 is 16.1 Å². The Hall–Kier alpha value is -2.54. The highest BCUT2D eigenvalue weighted by Gasteiger charge is 2.31. The first-order chi connectivity index (χ1) is 13.8. The van der Waals surface area contributed by atoms with Gasteiger partial charge in [0.15, 0.2) is 0 Å². The van der Waals surface area contributed by atoms with Crippen LogP contribution in [0.3, 0.4) is 0 Å². The molecule has 0 aliphatic heterocycles. The minimum absolute atomic E-state index is 0.283. The lowest BCUT2D eigenvalue weighted by atomic mass is 10.1. The number of methoxy groups -OCH3 is 1. The third kappa shape index (κ3) is 6.49. The average Bonchev–Trinajstić information content (AvgIpc) is 2.68. The van der Waals surface area contributed by atoms with Crippen LogP contribution >= 0.6 is 0 Å². The summed E-state index contributed by atoms with van der Waals surface area (Å²) in [6.45, 7) is 4.19. The highest BCUT2D eigenvalue weighted by molar-refractivity contribution is 7.92. The molecule has 0 radical (unpaired) electrons. The van der Waals surface area contributed by atoms with E-state index in [9.17, 15) is 13.2 Å². The number of benzene rings is 2. The van der Waals surface area contributed by atoms with Crippen LogP contribution < -0.4 is 14.4 Å². The average molecular weight is 419 g/mol. The molecule has 1 amide bonds. The van der Waals surface area contributed by atoms with Crippen LogP contribution in [0.1, 0.15) is 30.9 Å². The van der Waals surface area contributed by atoms with E-state index in [0.29, 0.717) is 18.7 Å². The Morgan fingerprint density at radius 1 is 1.17 bits per heavy atom. The van der Waals surface area contributed by atoms with Crippen molar-refractivity contribution in [3.63, 3.8) is 0 Å². The highest BCUT2D eigenvalue weighted by atomic mass is 32.2. The van der Waals surface area contributed by atoms with Crippen molar-refractivity contribution in [2.75, 3.05) is 24.2 Å². The van der Waals surface area contributed by atoms with Crippen molar-refractivity contribution in [1.29, 1.82) is 0 Å². The van der Waals surface area contributed by atoms with Gasteiger partial charge in [0.25, 0.3) is 0 Å². The predicted molar refractivity (Wildman–Crippen MR) is 117 cm³/mol. The van der Waals surface area contributed by atoms with Crippen molar-refractivity contribution < 1.29 is 17.9 Å². The van der Waals surface area contributed by atoms with E-state index in [1.807, 2.05) is 44.2 Å². The predicted octanol–water partition coefficient (Wildman–Crippen LogP) is 3.30. The normalized spacial score (nSPS) is 12.3. The summed E-state index contributed by atoms with van der Waals surface area (Å²) in [6, 6.07) is 14.2. The smallest absolute Gasteiger partial charge is 0.243 e. The molecule has 6 nitrogen and oxygen atoms in total. The molecule has 0 bridgehead atoms. The largest absolute Gasteiger partial charge is 0.497 e. The summed E-state index contributed by atoms with van der Waals surface area (Å²) in [4.78, 5) is 12.8. The van der Waals surface area contributed by atoms with Gasteiger partial charge in [-0.2, -0.15) is 0 Å². The Bertz CT molecular complexity index is 911. The van der Waals surface area contributed by atoms with Crippen molar-refractivity contribution in [3.05, 3.63) is 59.7 Å². The molecule has 2 rings (SSSR count). The second kappa shape index (κ2) is 10.3. The zero-order chi connectivity index (χ0) is 21.4. The first-order valence-electron chi connectivity index (χ1n) is 9.73. The van der Waals surface area contributed by atoms with Gasteiger partial charge < -0.3 is 10.1 Å². The van der Waals surface area contributed by atoms with Crippen molar-refractivity contribution in [1.82, 2.24) is 5.32 Å². The highest BCUT2D eigenvalue weighted by Crippen LogP contribution is 2.23. The van der Waals surface area contributed by atoms with E-state index in [0.717, 1.165) is 36.0 Å². The molecular formula is C22H30N2O4S. The number of carbonyl (C=O) groups excluding carboxylic acids is 1. The fourth-order valence-corrected chi connectivity index (χ4v) is 4.44. The van der Waals surface area contributed by atoms with Gasteiger partial charge in [0.05, 0.1) is 19.1 Å². The van der Waals surface area contributed by atoms with Crippen LogP contribution in [0.5, 0.6) is 5.75 Å². The van der Waals surface area contributed by atoms with Crippen LogP contribution in [0.25, 0.3) is 0 Å². The van der Waals surface area contributed by atoms with E-state index in [-0.39, 0.29) is 5.91 Å². The molecule has 0 saturated carbocycles. The number of anilines is 1. The van der Waals surface area contributed by atoms with Crippen molar-refractivity contribution in [2.45, 2.75) is 39.2 Å². The summed E-state index contributed by atoms with van der Waals surface area (Å²) in [7, 11) is -1.98. The van der Waals surface area contributed by atoms with Crippen LogP contribution in [-0.2, 0) is 21.2 Å². The monoisotopic (exact) mass is 418 g/mol. The van der Waals surface area contributed by atoms with Gasteiger partial charge in [0, 0.05) is 6.54 Å². The van der Waals surface area contributed by atoms with Gasteiger partial charge in [-0.25, -0.2) is 8.42 Å². The topological polar surface area (TPSA) is 75.7 Å². The zero-order valence-corrected chi connectivity index (χ0v) is 18.3. The molecule has 2 aromatic carbocycles. The first-order valence-corrected chi connectivity index (χ1v) is 11.6. The van der Waals surface area contributed by atoms with Crippen LogP contribution in [0.2, 0.25) is 0 Å². The third-order valence-corrected chi connectivity index (χ3v) is 5.87. The van der Waals surface area contributed by atoms with E-state index in [2.05, 4.69) is 5.32 Å². The van der Waals surface area contributed by atoms with Crippen molar-refractivity contribution in [2.24, 2.45) is 0 Å². The Balaban J connectivity index is 2.01. The number of hydrogen-bond donors (Lipinski definition) is 1. The Morgan fingerprint density at radius 3 is 2.41 bits per heavy atom. The Labute approximate surface area is 173 Å². The molecule has 7 heteroatoms. The fourth-order valence-electron chi connectivity index (χ4n) is 3.24. The van der Waals surface area contributed by atoms with Crippen LogP contribution in [-0.4, -0.2) is 40.3 Å². The lowest BCUT2D eigenvalue weighted by Gasteiger charge is -2.30. The molecule has 0 aromatic heterocycles. The maximum absolute atomic E-state index is 12.8. The number of amides is 1. The number of nitrogens with zero attached hydrogens (tertiary/aromatic N) is 1. The first kappa shape index (κ1) is 22.7. The third-order valence-electron chi connectivity index (χ3n) is 4.69. The van der Waals surface area contributed by atoms with Crippen LogP contribution in [0, 0.1) is 6.92 Å². The number of sulfonamides is 1. The molecule has 1 atom stereocenters. The molecule has 1 N–H and O–H groups in total. The van der Waals surface area contributed by atoms with Gasteiger partial charge in [0.1, 0.15) is 11.8 Å². The number of rotatable bonds is 10.